The molecule has 1 heterocycles. The fourth-order valence-corrected chi connectivity index (χ4v) is 3.30. The number of carboxylic acid groups (broad SMARTS) is 1. The van der Waals surface area contributed by atoms with Gasteiger partial charge in [-0.05, 0) is 19.1 Å². The zero-order valence-electron chi connectivity index (χ0n) is 11.5. The number of carbonyl (C=O) groups is 2. The van der Waals surface area contributed by atoms with Crippen molar-refractivity contribution in [2.24, 2.45) is 0 Å². The Hall–Kier alpha value is -1.63. The first-order valence-corrected chi connectivity index (χ1v) is 7.93. The third kappa shape index (κ3) is 3.97. The Morgan fingerprint density at radius 2 is 2.00 bits per heavy atom. The zero-order chi connectivity index (χ0) is 16.3. The van der Waals surface area contributed by atoms with Crippen LogP contribution in [0.2, 0.25) is 10.0 Å². The summed E-state index contributed by atoms with van der Waals surface area (Å²) in [4.78, 5) is 26.8. The molecule has 116 valence electrons. The van der Waals surface area contributed by atoms with E-state index in [4.69, 9.17) is 28.3 Å². The van der Waals surface area contributed by atoms with Gasteiger partial charge in [-0.2, -0.15) is 0 Å². The number of nitrogens with zero attached hydrogens (tertiary/aromatic N) is 1. The molecule has 0 saturated heterocycles. The summed E-state index contributed by atoms with van der Waals surface area (Å²) in [5, 5.41) is 14.4. The number of thiazole rings is 1. The van der Waals surface area contributed by atoms with Gasteiger partial charge in [-0.15, -0.1) is 11.3 Å². The SMILES string of the molecule is CC(NC(=O)Cc1csc(-c2c(Cl)cccc2Cl)n1)C(=O)O. The van der Waals surface area contributed by atoms with Crippen LogP contribution in [0.15, 0.2) is 23.6 Å². The van der Waals surface area contributed by atoms with E-state index in [1.807, 2.05) is 0 Å². The maximum Gasteiger partial charge on any atom is 0.325 e. The fraction of sp³-hybridized carbons (Fsp3) is 0.214. The van der Waals surface area contributed by atoms with Crippen molar-refractivity contribution in [3.63, 3.8) is 0 Å². The Morgan fingerprint density at radius 1 is 1.36 bits per heavy atom. The molecule has 22 heavy (non-hydrogen) atoms. The van der Waals surface area contributed by atoms with Crippen molar-refractivity contribution >= 4 is 46.4 Å². The van der Waals surface area contributed by atoms with E-state index < -0.39 is 17.9 Å². The molecule has 0 fully saturated rings. The van der Waals surface area contributed by atoms with Gasteiger partial charge in [0.1, 0.15) is 11.0 Å². The van der Waals surface area contributed by atoms with Crippen LogP contribution in [0.4, 0.5) is 0 Å². The zero-order valence-corrected chi connectivity index (χ0v) is 13.8. The van der Waals surface area contributed by atoms with Crippen LogP contribution in [0, 0.1) is 0 Å². The van der Waals surface area contributed by atoms with Gasteiger partial charge < -0.3 is 10.4 Å². The van der Waals surface area contributed by atoms with Crippen LogP contribution in [-0.2, 0) is 16.0 Å². The average molecular weight is 359 g/mol. The van der Waals surface area contributed by atoms with Gasteiger partial charge in [-0.3, -0.25) is 9.59 Å². The van der Waals surface area contributed by atoms with Gasteiger partial charge in [0, 0.05) is 10.9 Å². The summed E-state index contributed by atoms with van der Waals surface area (Å²) in [7, 11) is 0. The largest absolute Gasteiger partial charge is 0.480 e. The van der Waals surface area contributed by atoms with E-state index >= 15 is 0 Å². The second-order valence-electron chi connectivity index (χ2n) is 4.54. The number of amides is 1. The van der Waals surface area contributed by atoms with Crippen molar-refractivity contribution in [3.8, 4) is 10.6 Å². The van der Waals surface area contributed by atoms with Crippen molar-refractivity contribution in [1.82, 2.24) is 10.3 Å². The lowest BCUT2D eigenvalue weighted by Gasteiger charge is -2.07. The highest BCUT2D eigenvalue weighted by Crippen LogP contribution is 2.36. The normalized spacial score (nSPS) is 12.0. The minimum Gasteiger partial charge on any atom is -0.480 e. The van der Waals surface area contributed by atoms with Crippen LogP contribution in [-0.4, -0.2) is 28.0 Å². The molecule has 2 rings (SSSR count). The van der Waals surface area contributed by atoms with E-state index in [9.17, 15) is 9.59 Å². The number of aromatic nitrogens is 1. The number of hydrogen-bond acceptors (Lipinski definition) is 4. The molecule has 5 nitrogen and oxygen atoms in total. The Kier molecular flexibility index (Phi) is 5.39. The summed E-state index contributed by atoms with van der Waals surface area (Å²) in [6.45, 7) is 1.40. The van der Waals surface area contributed by atoms with Gasteiger partial charge in [0.05, 0.1) is 22.2 Å². The van der Waals surface area contributed by atoms with Gasteiger partial charge in [-0.1, -0.05) is 29.3 Å². The van der Waals surface area contributed by atoms with E-state index in [2.05, 4.69) is 10.3 Å². The number of halogens is 2. The molecule has 1 atom stereocenters. The van der Waals surface area contributed by atoms with Gasteiger partial charge in [0.2, 0.25) is 5.91 Å². The molecule has 1 aromatic heterocycles. The average Bonchev–Trinajstić information content (AvgIpc) is 2.86. The van der Waals surface area contributed by atoms with E-state index in [1.54, 1.807) is 23.6 Å². The second kappa shape index (κ2) is 7.09. The van der Waals surface area contributed by atoms with Crippen LogP contribution in [0.3, 0.4) is 0 Å². The number of nitrogens with one attached hydrogen (secondary N) is 1. The van der Waals surface area contributed by atoms with Gasteiger partial charge in [-0.25, -0.2) is 4.98 Å². The Bertz CT molecular complexity index is 698. The lowest BCUT2D eigenvalue weighted by Crippen LogP contribution is -2.39. The maximum absolute atomic E-state index is 11.7. The number of rotatable bonds is 5. The molecule has 1 aromatic carbocycles. The molecular formula is C14H12Cl2N2O3S. The molecule has 0 radical (unpaired) electrons. The van der Waals surface area contributed by atoms with Crippen LogP contribution < -0.4 is 5.32 Å². The summed E-state index contributed by atoms with van der Waals surface area (Å²) in [5.41, 5.74) is 1.16. The number of carbonyl (C=O) groups excluding carboxylic acids is 1. The highest BCUT2D eigenvalue weighted by atomic mass is 35.5. The molecule has 2 aromatic rings. The smallest absolute Gasteiger partial charge is 0.325 e. The number of benzene rings is 1. The molecule has 0 saturated carbocycles. The third-order valence-corrected chi connectivity index (χ3v) is 4.36. The first-order valence-electron chi connectivity index (χ1n) is 6.29. The third-order valence-electron chi connectivity index (χ3n) is 2.82. The van der Waals surface area contributed by atoms with Crippen molar-refractivity contribution in [2.75, 3.05) is 0 Å². The Morgan fingerprint density at radius 3 is 2.59 bits per heavy atom. The van der Waals surface area contributed by atoms with Gasteiger partial charge in [0.15, 0.2) is 0 Å². The summed E-state index contributed by atoms with van der Waals surface area (Å²) in [5.74, 6) is -1.49. The monoisotopic (exact) mass is 358 g/mol. The van der Waals surface area contributed by atoms with Gasteiger partial charge >= 0.3 is 5.97 Å². The Balaban J connectivity index is 2.12. The van der Waals surface area contributed by atoms with Crippen molar-refractivity contribution < 1.29 is 14.7 Å². The lowest BCUT2D eigenvalue weighted by atomic mass is 10.2. The van der Waals surface area contributed by atoms with E-state index in [0.29, 0.717) is 26.3 Å². The van der Waals surface area contributed by atoms with Crippen LogP contribution in [0.5, 0.6) is 0 Å². The molecule has 0 aliphatic heterocycles. The minimum atomic E-state index is -1.09. The molecule has 2 N–H and O–H groups in total. The second-order valence-corrected chi connectivity index (χ2v) is 6.22. The van der Waals surface area contributed by atoms with Crippen LogP contribution >= 0.6 is 34.5 Å². The summed E-state index contributed by atoms with van der Waals surface area (Å²) < 4.78 is 0. The first kappa shape index (κ1) is 16.7. The Labute approximate surface area is 140 Å². The fourth-order valence-electron chi connectivity index (χ4n) is 1.72. The van der Waals surface area contributed by atoms with Crippen molar-refractivity contribution in [1.29, 1.82) is 0 Å². The van der Waals surface area contributed by atoms with E-state index in [0.717, 1.165) is 0 Å². The van der Waals surface area contributed by atoms with E-state index in [1.165, 1.54) is 18.3 Å². The predicted molar refractivity (Wildman–Crippen MR) is 86.5 cm³/mol. The van der Waals surface area contributed by atoms with Crippen LogP contribution in [0.1, 0.15) is 12.6 Å². The number of carboxylic acids is 1. The molecule has 0 aliphatic carbocycles. The van der Waals surface area contributed by atoms with Gasteiger partial charge in [0.25, 0.3) is 0 Å². The number of aliphatic carboxylic acids is 1. The maximum atomic E-state index is 11.7. The summed E-state index contributed by atoms with van der Waals surface area (Å²) in [6, 6.07) is 4.23. The molecular weight excluding hydrogens is 347 g/mol. The molecule has 0 bridgehead atoms. The molecule has 0 spiro atoms. The number of hydrogen-bond donors (Lipinski definition) is 2. The summed E-state index contributed by atoms with van der Waals surface area (Å²) in [6.07, 6.45) is -0.00378. The topological polar surface area (TPSA) is 79.3 Å². The van der Waals surface area contributed by atoms with Crippen LogP contribution in [0.25, 0.3) is 10.6 Å². The minimum absolute atomic E-state index is 0.00378. The van der Waals surface area contributed by atoms with Crippen molar-refractivity contribution in [3.05, 3.63) is 39.3 Å². The van der Waals surface area contributed by atoms with Crippen molar-refractivity contribution in [2.45, 2.75) is 19.4 Å². The van der Waals surface area contributed by atoms with E-state index in [-0.39, 0.29) is 6.42 Å². The molecule has 1 unspecified atom stereocenters. The highest BCUT2D eigenvalue weighted by molar-refractivity contribution is 7.13. The highest BCUT2D eigenvalue weighted by Gasteiger charge is 2.17. The first-order chi connectivity index (χ1) is 10.4. The predicted octanol–water partition coefficient (Wildman–Crippen LogP) is 3.25. The molecule has 8 heteroatoms. The summed E-state index contributed by atoms with van der Waals surface area (Å²) >= 11 is 13.6. The molecule has 1 amide bonds. The standard InChI is InChI=1S/C14H12Cl2N2O3S/c1-7(14(20)21)17-11(19)5-8-6-22-13(18-8)12-9(15)3-2-4-10(12)16/h2-4,6-7H,5H2,1H3,(H,17,19)(H,20,21). The quantitative estimate of drug-likeness (QED) is 0.859. The molecule has 0 aliphatic rings. The lowest BCUT2D eigenvalue weighted by molar-refractivity contribution is -0.141.